The number of nitro groups is 1. The first-order valence-electron chi connectivity index (χ1n) is 8.63. The van der Waals surface area contributed by atoms with Crippen LogP contribution in [0.4, 0.5) is 5.69 Å². The highest BCUT2D eigenvalue weighted by Crippen LogP contribution is 2.49. The van der Waals surface area contributed by atoms with E-state index in [2.05, 4.69) is 0 Å². The monoisotopic (exact) mass is 399 g/mol. The molecule has 0 saturated carbocycles. The second-order valence-corrected chi connectivity index (χ2v) is 6.03. The molecule has 0 saturated heterocycles. The van der Waals surface area contributed by atoms with E-state index in [0.29, 0.717) is 50.6 Å². The second-order valence-electron chi connectivity index (χ2n) is 6.03. The molecule has 8 nitrogen and oxygen atoms in total. The van der Waals surface area contributed by atoms with Crippen LogP contribution in [0, 0.1) is 10.1 Å². The number of ether oxygens (including phenoxy) is 5. The minimum absolute atomic E-state index is 0.0304. The maximum Gasteiger partial charge on any atom is 0.277 e. The predicted octanol–water partition coefficient (Wildman–Crippen LogP) is 4.46. The molecule has 3 aromatic carbocycles. The first-order valence-corrected chi connectivity index (χ1v) is 8.63. The van der Waals surface area contributed by atoms with Crippen LogP contribution in [0.15, 0.2) is 36.4 Å². The minimum Gasteiger partial charge on any atom is -0.493 e. The first-order chi connectivity index (χ1) is 14.0. The van der Waals surface area contributed by atoms with E-state index >= 15 is 0 Å². The molecular weight excluding hydrogens is 378 g/mol. The number of fused-ring (bicyclic) bond motifs is 1. The van der Waals surface area contributed by atoms with Gasteiger partial charge in [0.1, 0.15) is 0 Å². The average Bonchev–Trinajstić information content (AvgIpc) is 2.75. The van der Waals surface area contributed by atoms with Crippen molar-refractivity contribution in [2.24, 2.45) is 0 Å². The van der Waals surface area contributed by atoms with Gasteiger partial charge < -0.3 is 23.7 Å². The highest BCUT2D eigenvalue weighted by atomic mass is 16.6. The number of rotatable bonds is 7. The van der Waals surface area contributed by atoms with Crippen molar-refractivity contribution in [2.75, 3.05) is 35.5 Å². The molecule has 0 aliphatic rings. The van der Waals surface area contributed by atoms with Gasteiger partial charge in [-0.3, -0.25) is 10.1 Å². The van der Waals surface area contributed by atoms with Crippen molar-refractivity contribution in [1.82, 2.24) is 0 Å². The van der Waals surface area contributed by atoms with Crippen LogP contribution in [0.2, 0.25) is 0 Å². The van der Waals surface area contributed by atoms with E-state index in [1.807, 2.05) is 0 Å². The third kappa shape index (κ3) is 3.33. The van der Waals surface area contributed by atoms with E-state index in [1.165, 1.54) is 41.6 Å². The van der Waals surface area contributed by atoms with Crippen LogP contribution in [-0.4, -0.2) is 40.5 Å². The Hall–Kier alpha value is -3.68. The molecule has 0 unspecified atom stereocenters. The summed E-state index contributed by atoms with van der Waals surface area (Å²) in [6, 6.07) is 10.0. The summed E-state index contributed by atoms with van der Waals surface area (Å²) < 4.78 is 27.4. The highest BCUT2D eigenvalue weighted by Gasteiger charge is 2.24. The van der Waals surface area contributed by atoms with Crippen LogP contribution in [0.5, 0.6) is 28.7 Å². The fraction of sp³-hybridized carbons (Fsp3) is 0.238. The van der Waals surface area contributed by atoms with Gasteiger partial charge in [-0.2, -0.15) is 0 Å². The molecule has 0 amide bonds. The van der Waals surface area contributed by atoms with Gasteiger partial charge in [0.2, 0.25) is 5.75 Å². The Kier molecular flexibility index (Phi) is 5.63. The third-order valence-electron chi connectivity index (χ3n) is 4.65. The number of non-ortho nitro benzene ring substituents is 1. The zero-order valence-electron chi connectivity index (χ0n) is 16.8. The molecule has 152 valence electrons. The van der Waals surface area contributed by atoms with E-state index in [-0.39, 0.29) is 5.69 Å². The molecule has 3 rings (SSSR count). The predicted molar refractivity (Wildman–Crippen MR) is 109 cm³/mol. The lowest BCUT2D eigenvalue weighted by Crippen LogP contribution is -1.99. The quantitative estimate of drug-likeness (QED) is 0.428. The third-order valence-corrected chi connectivity index (χ3v) is 4.65. The van der Waals surface area contributed by atoms with E-state index in [0.717, 1.165) is 0 Å². The summed E-state index contributed by atoms with van der Waals surface area (Å²) in [6.07, 6.45) is 0. The van der Waals surface area contributed by atoms with Gasteiger partial charge in [0.05, 0.1) is 45.9 Å². The minimum atomic E-state index is -0.423. The summed E-state index contributed by atoms with van der Waals surface area (Å²) in [4.78, 5) is 11.2. The van der Waals surface area contributed by atoms with E-state index in [1.54, 1.807) is 30.3 Å². The molecule has 0 heterocycles. The zero-order chi connectivity index (χ0) is 21.1. The Morgan fingerprint density at radius 3 is 1.76 bits per heavy atom. The number of nitro benzene ring substituents is 1. The van der Waals surface area contributed by atoms with Crippen LogP contribution in [0.25, 0.3) is 21.9 Å². The molecule has 29 heavy (non-hydrogen) atoms. The SMILES string of the molecule is COc1cc(-c2c(OC)c(OC)cc3c([N+](=O)[O-])cccc23)cc(OC)c1OC. The van der Waals surface area contributed by atoms with Crippen molar-refractivity contribution in [3.8, 4) is 39.9 Å². The number of nitrogens with zero attached hydrogens (tertiary/aromatic N) is 1. The molecule has 8 heteroatoms. The van der Waals surface area contributed by atoms with Crippen LogP contribution < -0.4 is 23.7 Å². The molecule has 0 aromatic heterocycles. The Bertz CT molecular complexity index is 1050. The lowest BCUT2D eigenvalue weighted by molar-refractivity contribution is -0.383. The lowest BCUT2D eigenvalue weighted by Gasteiger charge is -2.19. The molecule has 0 spiro atoms. The fourth-order valence-corrected chi connectivity index (χ4v) is 3.39. The van der Waals surface area contributed by atoms with Crippen molar-refractivity contribution in [1.29, 1.82) is 0 Å². The smallest absolute Gasteiger partial charge is 0.277 e. The largest absolute Gasteiger partial charge is 0.493 e. The number of hydrogen-bond acceptors (Lipinski definition) is 7. The number of benzene rings is 3. The Balaban J connectivity index is 2.48. The fourth-order valence-electron chi connectivity index (χ4n) is 3.39. The molecule has 3 aromatic rings. The Labute approximate surface area is 167 Å². The molecule has 0 N–H and O–H groups in total. The summed E-state index contributed by atoms with van der Waals surface area (Å²) >= 11 is 0. The summed E-state index contributed by atoms with van der Waals surface area (Å²) in [5.74, 6) is 2.15. The van der Waals surface area contributed by atoms with Gasteiger partial charge in [0.15, 0.2) is 23.0 Å². The van der Waals surface area contributed by atoms with E-state index in [9.17, 15) is 10.1 Å². The van der Waals surface area contributed by atoms with Crippen molar-refractivity contribution in [3.63, 3.8) is 0 Å². The first kappa shape index (κ1) is 20.1. The van der Waals surface area contributed by atoms with Crippen LogP contribution in [0.3, 0.4) is 0 Å². The Morgan fingerprint density at radius 2 is 1.28 bits per heavy atom. The van der Waals surface area contributed by atoms with E-state index < -0.39 is 4.92 Å². The van der Waals surface area contributed by atoms with Gasteiger partial charge in [0.25, 0.3) is 5.69 Å². The van der Waals surface area contributed by atoms with Gasteiger partial charge >= 0.3 is 0 Å². The van der Waals surface area contributed by atoms with Gasteiger partial charge in [0, 0.05) is 17.0 Å². The molecule has 0 aliphatic heterocycles. The van der Waals surface area contributed by atoms with Gasteiger partial charge in [-0.15, -0.1) is 0 Å². The molecule has 0 bridgehead atoms. The average molecular weight is 399 g/mol. The van der Waals surface area contributed by atoms with Gasteiger partial charge in [-0.1, -0.05) is 12.1 Å². The molecular formula is C21H21NO7. The second kappa shape index (κ2) is 8.14. The lowest BCUT2D eigenvalue weighted by atomic mass is 9.95. The standard InChI is InChI=1S/C21H21NO7/c1-25-16-9-12(10-17(26-2)20(16)28-4)19-13-7-6-8-15(22(23)24)14(13)11-18(27-3)21(19)29-5/h6-11H,1-5H3. The number of methoxy groups -OCH3 is 5. The molecule has 0 fully saturated rings. The summed E-state index contributed by atoms with van der Waals surface area (Å²) in [6.45, 7) is 0. The number of hydrogen-bond donors (Lipinski definition) is 0. The molecule has 0 aliphatic carbocycles. The summed E-state index contributed by atoms with van der Waals surface area (Å²) in [5, 5.41) is 12.6. The van der Waals surface area contributed by atoms with Crippen molar-refractivity contribution < 1.29 is 28.6 Å². The van der Waals surface area contributed by atoms with Crippen LogP contribution >= 0.6 is 0 Å². The summed E-state index contributed by atoms with van der Waals surface area (Å²) in [7, 11) is 7.56. The van der Waals surface area contributed by atoms with Gasteiger partial charge in [-0.05, 0) is 23.8 Å². The van der Waals surface area contributed by atoms with Crippen molar-refractivity contribution in [3.05, 3.63) is 46.5 Å². The molecule has 0 radical (unpaired) electrons. The highest BCUT2D eigenvalue weighted by molar-refractivity contribution is 6.05. The maximum atomic E-state index is 11.6. The van der Waals surface area contributed by atoms with Crippen LogP contribution in [-0.2, 0) is 0 Å². The summed E-state index contributed by atoms with van der Waals surface area (Å²) in [5.41, 5.74) is 1.25. The van der Waals surface area contributed by atoms with Crippen molar-refractivity contribution >= 4 is 16.5 Å². The van der Waals surface area contributed by atoms with Crippen LogP contribution in [0.1, 0.15) is 0 Å². The topological polar surface area (TPSA) is 89.3 Å². The Morgan fingerprint density at radius 1 is 0.724 bits per heavy atom. The van der Waals surface area contributed by atoms with Crippen molar-refractivity contribution in [2.45, 2.75) is 0 Å². The molecule has 0 atom stereocenters. The normalized spacial score (nSPS) is 10.5. The van der Waals surface area contributed by atoms with Gasteiger partial charge in [-0.25, -0.2) is 0 Å². The van der Waals surface area contributed by atoms with E-state index in [4.69, 9.17) is 23.7 Å². The maximum absolute atomic E-state index is 11.6. The zero-order valence-corrected chi connectivity index (χ0v) is 16.8.